The van der Waals surface area contributed by atoms with Crippen molar-refractivity contribution in [1.29, 1.82) is 0 Å². The Balaban J connectivity index is 0.985. The second-order valence-electron chi connectivity index (χ2n) is 17.1. The summed E-state index contributed by atoms with van der Waals surface area (Å²) in [5.74, 6) is 0.827. The van der Waals surface area contributed by atoms with E-state index in [0.29, 0.717) is 23.9 Å². The number of carbonyl (C=O) groups excluding carboxylic acids is 1. The van der Waals surface area contributed by atoms with E-state index in [4.69, 9.17) is 21.1 Å². The molecule has 4 heterocycles. The topological polar surface area (TPSA) is 117 Å². The van der Waals surface area contributed by atoms with Gasteiger partial charge in [0.25, 0.3) is 0 Å². The van der Waals surface area contributed by atoms with E-state index in [1.54, 1.807) is 12.4 Å². The molecule has 0 radical (unpaired) electrons. The van der Waals surface area contributed by atoms with Crippen molar-refractivity contribution in [3.05, 3.63) is 135 Å². The number of nitrogens with one attached hydrogen (secondary N) is 1. The van der Waals surface area contributed by atoms with E-state index >= 15 is 0 Å². The molecular weight excluding hydrogens is 786 g/mol. The minimum Gasteiger partial charge on any atom is -0.486 e. The lowest BCUT2D eigenvalue weighted by molar-refractivity contribution is -0.142. The first-order valence-corrected chi connectivity index (χ1v) is 22.1. The van der Waals surface area contributed by atoms with Crippen LogP contribution in [0.25, 0.3) is 11.1 Å². The highest BCUT2D eigenvalue weighted by atomic mass is 35.5. The standard InChI is InChI=1S/C50H56ClN5O5/c1-5-46(38-23-40(51)28-52-27-38)60-41-16-14-36(15-17-41)47-19-21-55(4)44-24-37-25-45(56(29-34-8-6-7-9-34)30-39(37)26-48(44)61-47)49(57)54-43(50(58)59)22-33-10-12-35(13-11-33)42-18-20-53-32(3)31(42)2/h10-18,20,23-24,26-28,34,43,45-47H,5-9,19,21-22,25,29-30H2,1-4H3,(H,54,57)(H,58,59)/t43-,45-,46+,47+/m0/s1. The van der Waals surface area contributed by atoms with Crippen LogP contribution in [0.1, 0.15) is 96.7 Å². The van der Waals surface area contributed by atoms with E-state index in [1.165, 1.54) is 12.8 Å². The summed E-state index contributed by atoms with van der Waals surface area (Å²) in [6.45, 7) is 8.31. The number of aromatic nitrogens is 2. The number of fused-ring (bicyclic) bond motifs is 2. The van der Waals surface area contributed by atoms with Gasteiger partial charge in [0.1, 0.15) is 29.7 Å². The van der Waals surface area contributed by atoms with Crippen molar-refractivity contribution in [2.45, 2.75) is 103 Å². The number of aryl methyl sites for hydroxylation is 1. The predicted molar refractivity (Wildman–Crippen MR) is 239 cm³/mol. The fraction of sp³-hybridized carbons (Fsp3) is 0.400. The molecule has 11 heteroatoms. The first-order valence-electron chi connectivity index (χ1n) is 21.7. The van der Waals surface area contributed by atoms with Gasteiger partial charge < -0.3 is 24.8 Å². The molecule has 0 spiro atoms. The first kappa shape index (κ1) is 42.2. The van der Waals surface area contributed by atoms with Gasteiger partial charge in [-0.15, -0.1) is 0 Å². The number of amides is 1. The second kappa shape index (κ2) is 18.7. The van der Waals surface area contributed by atoms with Crippen LogP contribution < -0.4 is 19.7 Å². The molecule has 1 amide bonds. The van der Waals surface area contributed by atoms with E-state index in [2.05, 4.69) is 70.2 Å². The fourth-order valence-corrected chi connectivity index (χ4v) is 9.48. The summed E-state index contributed by atoms with van der Waals surface area (Å²) in [5, 5.41) is 13.9. The number of ether oxygens (including phenoxy) is 2. The molecule has 8 rings (SSSR count). The quantitative estimate of drug-likeness (QED) is 0.120. The van der Waals surface area contributed by atoms with Crippen LogP contribution in [0.5, 0.6) is 11.5 Å². The van der Waals surface area contributed by atoms with Crippen LogP contribution in [-0.2, 0) is 29.0 Å². The Labute approximate surface area is 364 Å². The third kappa shape index (κ3) is 9.71. The smallest absolute Gasteiger partial charge is 0.326 e. The summed E-state index contributed by atoms with van der Waals surface area (Å²) in [6.07, 6.45) is 11.9. The summed E-state index contributed by atoms with van der Waals surface area (Å²) < 4.78 is 13.2. The molecule has 3 aromatic carbocycles. The van der Waals surface area contributed by atoms with E-state index in [9.17, 15) is 14.7 Å². The molecular formula is C50H56ClN5O5. The average Bonchev–Trinajstić information content (AvgIpc) is 3.72. The van der Waals surface area contributed by atoms with Gasteiger partial charge in [-0.1, -0.05) is 67.8 Å². The number of pyridine rings is 2. The van der Waals surface area contributed by atoms with Crippen molar-refractivity contribution in [3.8, 4) is 22.6 Å². The second-order valence-corrected chi connectivity index (χ2v) is 17.5. The van der Waals surface area contributed by atoms with Crippen molar-refractivity contribution in [2.24, 2.45) is 5.92 Å². The number of hydrogen-bond donors (Lipinski definition) is 2. The van der Waals surface area contributed by atoms with Crippen LogP contribution in [0, 0.1) is 19.8 Å². The Hall–Kier alpha value is -5.45. The molecule has 61 heavy (non-hydrogen) atoms. The van der Waals surface area contributed by atoms with Gasteiger partial charge in [0, 0.05) is 69.4 Å². The molecule has 0 bridgehead atoms. The number of anilines is 1. The lowest BCUT2D eigenvalue weighted by Crippen LogP contribution is -2.55. The number of hydrogen-bond acceptors (Lipinski definition) is 8. The third-order valence-corrected chi connectivity index (χ3v) is 13.2. The number of benzene rings is 3. The molecule has 10 nitrogen and oxygen atoms in total. The van der Waals surface area contributed by atoms with Crippen LogP contribution >= 0.6 is 11.6 Å². The van der Waals surface area contributed by atoms with Crippen molar-refractivity contribution < 1.29 is 24.2 Å². The molecule has 0 unspecified atom stereocenters. The largest absolute Gasteiger partial charge is 0.486 e. The van der Waals surface area contributed by atoms with Gasteiger partial charge >= 0.3 is 5.97 Å². The molecule has 2 N–H and O–H groups in total. The zero-order valence-electron chi connectivity index (χ0n) is 35.6. The predicted octanol–water partition coefficient (Wildman–Crippen LogP) is 9.63. The maximum Gasteiger partial charge on any atom is 0.326 e. The van der Waals surface area contributed by atoms with E-state index in [0.717, 1.165) is 106 Å². The molecule has 2 aromatic heterocycles. The molecule has 1 saturated carbocycles. The molecule has 4 atom stereocenters. The van der Waals surface area contributed by atoms with Gasteiger partial charge in [0.05, 0.1) is 16.8 Å². The van der Waals surface area contributed by atoms with Crippen LogP contribution in [0.15, 0.2) is 91.4 Å². The number of aliphatic carboxylic acids is 1. The number of carboxylic acids is 1. The fourth-order valence-electron chi connectivity index (χ4n) is 9.30. The van der Waals surface area contributed by atoms with Crippen LogP contribution in [0.3, 0.4) is 0 Å². The molecule has 3 aliphatic rings. The zero-order valence-corrected chi connectivity index (χ0v) is 36.3. The Morgan fingerprint density at radius 1 is 0.984 bits per heavy atom. The molecule has 0 saturated heterocycles. The van der Waals surface area contributed by atoms with Crippen molar-refractivity contribution in [3.63, 3.8) is 0 Å². The molecule has 5 aromatic rings. The van der Waals surface area contributed by atoms with Gasteiger partial charge in [0.15, 0.2) is 0 Å². The third-order valence-electron chi connectivity index (χ3n) is 13.0. The Bertz CT molecular complexity index is 2350. The SMILES string of the molecule is CC[C@@H](Oc1ccc([C@H]2CCN(C)c3cc4c(cc3O2)CN(CC2CCCC2)[C@H](C(=O)N[C@@H](Cc2ccc(-c3ccnc(C)c3C)cc2)C(=O)O)C4)cc1)c1cncc(Cl)c1. The Kier molecular flexibility index (Phi) is 12.9. The van der Waals surface area contributed by atoms with Gasteiger partial charge in [-0.05, 0) is 121 Å². The highest BCUT2D eigenvalue weighted by Gasteiger charge is 2.37. The maximum atomic E-state index is 14.3. The zero-order chi connectivity index (χ0) is 42.6. The number of halogens is 1. The normalized spacial score (nSPS) is 18.9. The van der Waals surface area contributed by atoms with Crippen molar-refractivity contribution in [1.82, 2.24) is 20.2 Å². The summed E-state index contributed by atoms with van der Waals surface area (Å²) >= 11 is 6.21. The Morgan fingerprint density at radius 2 is 1.75 bits per heavy atom. The molecule has 1 fully saturated rings. The number of rotatable bonds is 13. The highest BCUT2D eigenvalue weighted by molar-refractivity contribution is 6.30. The van der Waals surface area contributed by atoms with E-state index in [-0.39, 0.29) is 24.5 Å². The number of carboxylic acid groups (broad SMARTS) is 1. The average molecular weight is 842 g/mol. The Morgan fingerprint density at radius 3 is 2.48 bits per heavy atom. The number of carbonyl (C=O) groups is 2. The van der Waals surface area contributed by atoms with Crippen molar-refractivity contribution in [2.75, 3.05) is 25.0 Å². The van der Waals surface area contributed by atoms with Gasteiger partial charge in [-0.2, -0.15) is 0 Å². The van der Waals surface area contributed by atoms with Gasteiger partial charge in [0.2, 0.25) is 5.91 Å². The van der Waals surface area contributed by atoms with Crippen LogP contribution in [0.4, 0.5) is 5.69 Å². The molecule has 318 valence electrons. The lowest BCUT2D eigenvalue weighted by Gasteiger charge is -2.38. The van der Waals surface area contributed by atoms with Gasteiger partial charge in [-0.25, -0.2) is 4.79 Å². The van der Waals surface area contributed by atoms with Crippen LogP contribution in [-0.4, -0.2) is 64.1 Å². The minimum atomic E-state index is -1.06. The first-order chi connectivity index (χ1) is 29.5. The monoisotopic (exact) mass is 841 g/mol. The number of nitrogens with zero attached hydrogens (tertiary/aromatic N) is 4. The highest BCUT2D eigenvalue weighted by Crippen LogP contribution is 2.42. The van der Waals surface area contributed by atoms with E-state index < -0.39 is 18.1 Å². The summed E-state index contributed by atoms with van der Waals surface area (Å²) in [6, 6.07) is 22.8. The minimum absolute atomic E-state index is 0.153. The summed E-state index contributed by atoms with van der Waals surface area (Å²) in [5.41, 5.74) is 10.3. The summed E-state index contributed by atoms with van der Waals surface area (Å²) in [4.78, 5) is 40.1. The van der Waals surface area contributed by atoms with E-state index in [1.807, 2.05) is 61.7 Å². The van der Waals surface area contributed by atoms with Gasteiger partial charge in [-0.3, -0.25) is 19.7 Å². The lowest BCUT2D eigenvalue weighted by atomic mass is 9.90. The molecule has 1 aliphatic carbocycles. The van der Waals surface area contributed by atoms with Crippen LogP contribution in [0.2, 0.25) is 5.02 Å². The maximum absolute atomic E-state index is 14.3. The van der Waals surface area contributed by atoms with Crippen molar-refractivity contribution >= 4 is 29.2 Å². The molecule has 2 aliphatic heterocycles. The summed E-state index contributed by atoms with van der Waals surface area (Å²) in [7, 11) is 2.09.